The third-order valence-electron chi connectivity index (χ3n) is 4.90. The highest BCUT2D eigenvalue weighted by atomic mass is 32.1. The van der Waals surface area contributed by atoms with Gasteiger partial charge in [0.05, 0.1) is 11.2 Å². The molecule has 1 saturated heterocycles. The van der Waals surface area contributed by atoms with E-state index in [0.717, 1.165) is 6.54 Å². The molecule has 0 aromatic carbocycles. The van der Waals surface area contributed by atoms with Crippen LogP contribution in [0.2, 0.25) is 0 Å². The third-order valence-corrected chi connectivity index (χ3v) is 6.26. The summed E-state index contributed by atoms with van der Waals surface area (Å²) in [6.45, 7) is 9.17. The van der Waals surface area contributed by atoms with E-state index in [9.17, 15) is 0 Å². The normalized spacial score (nSPS) is 27.5. The van der Waals surface area contributed by atoms with Crippen LogP contribution >= 0.6 is 11.3 Å². The highest BCUT2D eigenvalue weighted by Crippen LogP contribution is 2.38. The van der Waals surface area contributed by atoms with E-state index >= 15 is 0 Å². The smallest absolute Gasteiger partial charge is 0.113 e. The summed E-state index contributed by atoms with van der Waals surface area (Å²) >= 11 is 1.99. The van der Waals surface area contributed by atoms with Crippen molar-refractivity contribution >= 4 is 11.3 Å². The fourth-order valence-corrected chi connectivity index (χ4v) is 5.08. The highest BCUT2D eigenvalue weighted by Gasteiger charge is 2.37. The Morgan fingerprint density at radius 2 is 2.10 bits per heavy atom. The molecule has 1 N–H and O–H groups in total. The van der Waals surface area contributed by atoms with Crippen LogP contribution in [-0.2, 0) is 18.4 Å². The van der Waals surface area contributed by atoms with Crippen LogP contribution in [-0.4, -0.2) is 36.1 Å². The van der Waals surface area contributed by atoms with Gasteiger partial charge in [0.1, 0.15) is 5.01 Å². The van der Waals surface area contributed by atoms with E-state index in [-0.39, 0.29) is 5.54 Å². The standard InChI is InChI=1S/C16H27N3S/c1-3-17-16(9-6-11-19(4-2)12-10-16)15-18-13-7-5-8-14(13)20-15/h17H,3-12H2,1-2H3. The maximum atomic E-state index is 5.04. The molecule has 1 fully saturated rings. The molecule has 1 aliphatic heterocycles. The molecule has 0 saturated carbocycles. The SMILES string of the molecule is CCNC1(c2nc3c(s2)CCC3)CCCN(CC)CC1. The summed E-state index contributed by atoms with van der Waals surface area (Å²) in [6.07, 6.45) is 7.51. The highest BCUT2D eigenvalue weighted by molar-refractivity contribution is 7.12. The van der Waals surface area contributed by atoms with Gasteiger partial charge in [0.15, 0.2) is 0 Å². The number of likely N-dealkylation sites (tertiary alicyclic amines) is 1. The molecule has 0 radical (unpaired) electrons. The number of hydrogen-bond acceptors (Lipinski definition) is 4. The third kappa shape index (κ3) is 2.66. The Balaban J connectivity index is 1.86. The van der Waals surface area contributed by atoms with Crippen LogP contribution in [0.1, 0.15) is 55.1 Å². The van der Waals surface area contributed by atoms with Crippen molar-refractivity contribution in [3.8, 4) is 0 Å². The largest absolute Gasteiger partial charge is 0.306 e. The summed E-state index contributed by atoms with van der Waals surface area (Å²) < 4.78 is 0. The molecule has 0 spiro atoms. The van der Waals surface area contributed by atoms with Crippen LogP contribution in [0.4, 0.5) is 0 Å². The van der Waals surface area contributed by atoms with Gasteiger partial charge in [-0.15, -0.1) is 11.3 Å². The van der Waals surface area contributed by atoms with Gasteiger partial charge in [-0.3, -0.25) is 0 Å². The molecule has 1 aromatic rings. The molecule has 1 unspecified atom stereocenters. The minimum Gasteiger partial charge on any atom is -0.306 e. The van der Waals surface area contributed by atoms with Crippen molar-refractivity contribution in [1.82, 2.24) is 15.2 Å². The van der Waals surface area contributed by atoms with E-state index in [2.05, 4.69) is 24.1 Å². The van der Waals surface area contributed by atoms with Gasteiger partial charge >= 0.3 is 0 Å². The number of nitrogens with zero attached hydrogens (tertiary/aromatic N) is 2. The van der Waals surface area contributed by atoms with Gasteiger partial charge in [-0.25, -0.2) is 4.98 Å². The van der Waals surface area contributed by atoms with E-state index in [4.69, 9.17) is 4.98 Å². The predicted octanol–water partition coefficient (Wildman–Crippen LogP) is 2.94. The number of fused-ring (bicyclic) bond motifs is 1. The Morgan fingerprint density at radius 1 is 1.20 bits per heavy atom. The molecule has 1 atom stereocenters. The Bertz CT molecular complexity index is 435. The molecule has 3 nitrogen and oxygen atoms in total. The Kier molecular flexibility index (Phi) is 4.43. The molecule has 1 aliphatic carbocycles. The van der Waals surface area contributed by atoms with Crippen LogP contribution in [0.25, 0.3) is 0 Å². The second kappa shape index (κ2) is 6.12. The number of thiazole rings is 1. The first kappa shape index (κ1) is 14.5. The van der Waals surface area contributed by atoms with Crippen LogP contribution in [0.3, 0.4) is 0 Å². The van der Waals surface area contributed by atoms with Gasteiger partial charge in [0, 0.05) is 11.4 Å². The van der Waals surface area contributed by atoms with Gasteiger partial charge in [-0.1, -0.05) is 13.8 Å². The van der Waals surface area contributed by atoms with Crippen molar-refractivity contribution < 1.29 is 0 Å². The predicted molar refractivity (Wildman–Crippen MR) is 85.5 cm³/mol. The number of rotatable bonds is 4. The summed E-state index contributed by atoms with van der Waals surface area (Å²) in [4.78, 5) is 9.18. The van der Waals surface area contributed by atoms with Gasteiger partial charge in [-0.05, 0) is 58.2 Å². The summed E-state index contributed by atoms with van der Waals surface area (Å²) in [7, 11) is 0. The Hall–Kier alpha value is -0.450. The fourth-order valence-electron chi connectivity index (χ4n) is 3.71. The average Bonchev–Trinajstić information content (AvgIpc) is 2.97. The quantitative estimate of drug-likeness (QED) is 0.925. The molecular formula is C16H27N3S. The zero-order chi connectivity index (χ0) is 14.0. The van der Waals surface area contributed by atoms with Gasteiger partial charge in [0.2, 0.25) is 0 Å². The summed E-state index contributed by atoms with van der Waals surface area (Å²) in [5.41, 5.74) is 1.55. The van der Waals surface area contributed by atoms with Crippen molar-refractivity contribution in [2.24, 2.45) is 0 Å². The van der Waals surface area contributed by atoms with E-state index < -0.39 is 0 Å². The lowest BCUT2D eigenvalue weighted by Crippen LogP contribution is -2.43. The first-order valence-electron chi connectivity index (χ1n) is 8.24. The van der Waals surface area contributed by atoms with Gasteiger partial charge in [0.25, 0.3) is 0 Å². The zero-order valence-corrected chi connectivity index (χ0v) is 13.7. The first-order chi connectivity index (χ1) is 9.77. The molecule has 4 heteroatoms. The first-order valence-corrected chi connectivity index (χ1v) is 9.05. The zero-order valence-electron chi connectivity index (χ0n) is 12.9. The van der Waals surface area contributed by atoms with Crippen LogP contribution in [0.15, 0.2) is 0 Å². The maximum absolute atomic E-state index is 5.04. The van der Waals surface area contributed by atoms with Crippen LogP contribution in [0, 0.1) is 0 Å². The Labute approximate surface area is 126 Å². The van der Waals surface area contributed by atoms with Crippen molar-refractivity contribution in [2.45, 2.75) is 57.9 Å². The van der Waals surface area contributed by atoms with E-state index in [1.807, 2.05) is 11.3 Å². The van der Waals surface area contributed by atoms with E-state index in [1.165, 1.54) is 68.9 Å². The van der Waals surface area contributed by atoms with E-state index in [0.29, 0.717) is 0 Å². The summed E-state index contributed by atoms with van der Waals surface area (Å²) in [6, 6.07) is 0. The summed E-state index contributed by atoms with van der Waals surface area (Å²) in [5, 5.41) is 5.19. The van der Waals surface area contributed by atoms with Crippen LogP contribution in [0.5, 0.6) is 0 Å². The molecule has 0 bridgehead atoms. The lowest BCUT2D eigenvalue weighted by molar-refractivity contribution is 0.266. The molecule has 2 heterocycles. The molecule has 20 heavy (non-hydrogen) atoms. The minimum atomic E-state index is 0.147. The molecule has 3 rings (SSSR count). The molecule has 2 aliphatic rings. The average molecular weight is 293 g/mol. The lowest BCUT2D eigenvalue weighted by Gasteiger charge is -2.32. The maximum Gasteiger partial charge on any atom is 0.113 e. The monoisotopic (exact) mass is 293 g/mol. The molecule has 0 amide bonds. The van der Waals surface area contributed by atoms with Crippen molar-refractivity contribution in [1.29, 1.82) is 0 Å². The number of hydrogen-bond donors (Lipinski definition) is 1. The lowest BCUT2D eigenvalue weighted by atomic mass is 9.91. The number of aromatic nitrogens is 1. The van der Waals surface area contributed by atoms with Gasteiger partial charge < -0.3 is 10.2 Å². The number of aryl methyl sites for hydroxylation is 2. The minimum absolute atomic E-state index is 0.147. The van der Waals surface area contributed by atoms with Crippen molar-refractivity contribution in [3.05, 3.63) is 15.6 Å². The second-order valence-electron chi connectivity index (χ2n) is 6.14. The molecule has 1 aromatic heterocycles. The van der Waals surface area contributed by atoms with Crippen molar-refractivity contribution in [2.75, 3.05) is 26.2 Å². The Morgan fingerprint density at radius 3 is 2.85 bits per heavy atom. The fraction of sp³-hybridized carbons (Fsp3) is 0.812. The summed E-state index contributed by atoms with van der Waals surface area (Å²) in [5.74, 6) is 0. The van der Waals surface area contributed by atoms with Crippen molar-refractivity contribution in [3.63, 3.8) is 0 Å². The van der Waals surface area contributed by atoms with E-state index in [1.54, 1.807) is 4.88 Å². The molecule has 112 valence electrons. The van der Waals surface area contributed by atoms with Crippen LogP contribution < -0.4 is 5.32 Å². The molecular weight excluding hydrogens is 266 g/mol. The van der Waals surface area contributed by atoms with Gasteiger partial charge in [-0.2, -0.15) is 0 Å². The topological polar surface area (TPSA) is 28.2 Å². The second-order valence-corrected chi connectivity index (χ2v) is 7.23. The number of nitrogens with one attached hydrogen (secondary N) is 1.